The zero-order valence-electron chi connectivity index (χ0n) is 12.3. The summed E-state index contributed by atoms with van der Waals surface area (Å²) in [4.78, 5) is 0. The SMILES string of the molecule is CCCCCC[N+]1(Cc2ccccc2)CCOCC1. The molecule has 1 fully saturated rings. The van der Waals surface area contributed by atoms with E-state index in [0.29, 0.717) is 0 Å². The summed E-state index contributed by atoms with van der Waals surface area (Å²) >= 11 is 0. The van der Waals surface area contributed by atoms with Crippen molar-refractivity contribution >= 4 is 0 Å². The van der Waals surface area contributed by atoms with E-state index in [-0.39, 0.29) is 0 Å². The van der Waals surface area contributed by atoms with E-state index in [1.54, 1.807) is 0 Å². The lowest BCUT2D eigenvalue weighted by Crippen LogP contribution is -2.54. The number of hydrogen-bond donors (Lipinski definition) is 0. The Labute approximate surface area is 118 Å². The molecule has 1 aliphatic rings. The lowest BCUT2D eigenvalue weighted by molar-refractivity contribution is -0.947. The summed E-state index contributed by atoms with van der Waals surface area (Å²) < 4.78 is 6.80. The van der Waals surface area contributed by atoms with Gasteiger partial charge in [-0.2, -0.15) is 0 Å². The molecule has 1 saturated heterocycles. The molecule has 0 atom stereocenters. The fourth-order valence-corrected chi connectivity index (χ4v) is 3.04. The quantitative estimate of drug-likeness (QED) is 0.539. The minimum atomic E-state index is 0.931. The molecule has 0 aromatic heterocycles. The Hall–Kier alpha value is -0.860. The number of ether oxygens (including phenoxy) is 1. The van der Waals surface area contributed by atoms with Crippen LogP contribution in [0.5, 0.6) is 0 Å². The van der Waals surface area contributed by atoms with Crippen molar-refractivity contribution in [3.63, 3.8) is 0 Å². The van der Waals surface area contributed by atoms with Crippen LogP contribution in [0.3, 0.4) is 0 Å². The third-order valence-electron chi connectivity index (χ3n) is 4.27. The van der Waals surface area contributed by atoms with Crippen LogP contribution in [0.1, 0.15) is 38.2 Å². The zero-order chi connectivity index (χ0) is 13.4. The molecule has 1 heterocycles. The van der Waals surface area contributed by atoms with E-state index in [0.717, 1.165) is 13.2 Å². The van der Waals surface area contributed by atoms with Crippen molar-refractivity contribution in [2.24, 2.45) is 0 Å². The molecule has 0 aliphatic carbocycles. The maximum atomic E-state index is 5.57. The second-order valence-electron chi connectivity index (χ2n) is 5.83. The van der Waals surface area contributed by atoms with Gasteiger partial charge in [-0.25, -0.2) is 0 Å². The van der Waals surface area contributed by atoms with E-state index in [2.05, 4.69) is 37.3 Å². The first-order valence-corrected chi connectivity index (χ1v) is 7.81. The first-order chi connectivity index (χ1) is 9.35. The largest absolute Gasteiger partial charge is 0.370 e. The average Bonchev–Trinajstić information content (AvgIpc) is 2.46. The molecule has 0 radical (unpaired) electrons. The predicted molar refractivity (Wildman–Crippen MR) is 80.0 cm³/mol. The molecule has 1 aromatic carbocycles. The topological polar surface area (TPSA) is 9.23 Å². The van der Waals surface area contributed by atoms with Crippen LogP contribution in [0.4, 0.5) is 0 Å². The summed E-state index contributed by atoms with van der Waals surface area (Å²) in [6.07, 6.45) is 5.44. The zero-order valence-corrected chi connectivity index (χ0v) is 12.3. The molecule has 0 amide bonds. The predicted octanol–water partition coefficient (Wildman–Crippen LogP) is 3.61. The van der Waals surface area contributed by atoms with Crippen LogP contribution in [-0.2, 0) is 11.3 Å². The van der Waals surface area contributed by atoms with E-state index in [9.17, 15) is 0 Å². The van der Waals surface area contributed by atoms with Crippen molar-refractivity contribution in [1.82, 2.24) is 0 Å². The van der Waals surface area contributed by atoms with Gasteiger partial charge in [0.05, 0.1) is 19.8 Å². The molecular formula is C17H28NO+. The van der Waals surface area contributed by atoms with Gasteiger partial charge in [0, 0.05) is 5.56 Å². The summed E-state index contributed by atoms with van der Waals surface area (Å²) in [5, 5.41) is 0. The average molecular weight is 262 g/mol. The highest BCUT2D eigenvalue weighted by Gasteiger charge is 2.29. The van der Waals surface area contributed by atoms with Gasteiger partial charge in [-0.15, -0.1) is 0 Å². The van der Waals surface area contributed by atoms with E-state index >= 15 is 0 Å². The second kappa shape index (κ2) is 7.66. The highest BCUT2D eigenvalue weighted by atomic mass is 16.5. The molecule has 1 aromatic rings. The van der Waals surface area contributed by atoms with E-state index in [4.69, 9.17) is 4.74 Å². The van der Waals surface area contributed by atoms with E-state index in [1.807, 2.05) is 0 Å². The van der Waals surface area contributed by atoms with Crippen LogP contribution in [-0.4, -0.2) is 37.3 Å². The third-order valence-corrected chi connectivity index (χ3v) is 4.27. The van der Waals surface area contributed by atoms with Crippen LogP contribution in [0.25, 0.3) is 0 Å². The number of rotatable bonds is 7. The van der Waals surface area contributed by atoms with Crippen LogP contribution in [0, 0.1) is 0 Å². The van der Waals surface area contributed by atoms with Gasteiger partial charge < -0.3 is 9.22 Å². The van der Waals surface area contributed by atoms with Crippen molar-refractivity contribution in [2.75, 3.05) is 32.8 Å². The standard InChI is InChI=1S/C17H28NO/c1-2-3-4-8-11-18(12-14-19-15-13-18)16-17-9-6-5-7-10-17/h5-7,9-10H,2-4,8,11-16H2,1H3/q+1. The van der Waals surface area contributed by atoms with Gasteiger partial charge in [0.2, 0.25) is 0 Å². The minimum Gasteiger partial charge on any atom is -0.370 e. The molecule has 0 saturated carbocycles. The van der Waals surface area contributed by atoms with Crippen molar-refractivity contribution in [3.05, 3.63) is 35.9 Å². The fourth-order valence-electron chi connectivity index (χ4n) is 3.04. The van der Waals surface area contributed by atoms with Crippen LogP contribution in [0.2, 0.25) is 0 Å². The number of hydrogen-bond acceptors (Lipinski definition) is 1. The van der Waals surface area contributed by atoms with Gasteiger partial charge in [0.15, 0.2) is 0 Å². The summed E-state index contributed by atoms with van der Waals surface area (Å²) in [7, 11) is 0. The van der Waals surface area contributed by atoms with Crippen LogP contribution in [0.15, 0.2) is 30.3 Å². The first-order valence-electron chi connectivity index (χ1n) is 7.81. The van der Waals surface area contributed by atoms with Gasteiger partial charge in [-0.05, 0) is 12.8 Å². The molecule has 0 unspecified atom stereocenters. The number of nitrogens with zero attached hydrogens (tertiary/aromatic N) is 1. The number of unbranched alkanes of at least 4 members (excludes halogenated alkanes) is 3. The Balaban J connectivity index is 1.94. The molecule has 0 bridgehead atoms. The monoisotopic (exact) mass is 262 g/mol. The minimum absolute atomic E-state index is 0.931. The maximum Gasteiger partial charge on any atom is 0.104 e. The molecule has 1 aliphatic heterocycles. The van der Waals surface area contributed by atoms with Crippen LogP contribution >= 0.6 is 0 Å². The number of benzene rings is 1. The Morgan fingerprint density at radius 2 is 1.74 bits per heavy atom. The molecular weight excluding hydrogens is 234 g/mol. The van der Waals surface area contributed by atoms with Crippen molar-refractivity contribution in [2.45, 2.75) is 39.2 Å². The van der Waals surface area contributed by atoms with Gasteiger partial charge in [0.1, 0.15) is 19.6 Å². The smallest absolute Gasteiger partial charge is 0.104 e. The van der Waals surface area contributed by atoms with Crippen molar-refractivity contribution in [3.8, 4) is 0 Å². The Morgan fingerprint density at radius 1 is 1.00 bits per heavy atom. The molecule has 106 valence electrons. The Kier molecular flexibility index (Phi) is 5.87. The summed E-state index contributed by atoms with van der Waals surface area (Å²) in [6.45, 7) is 9.00. The normalized spacial score (nSPS) is 18.4. The molecule has 2 nitrogen and oxygen atoms in total. The van der Waals surface area contributed by atoms with Gasteiger partial charge in [-0.1, -0.05) is 50.1 Å². The summed E-state index contributed by atoms with van der Waals surface area (Å²) in [5.41, 5.74) is 1.47. The lowest BCUT2D eigenvalue weighted by Gasteiger charge is -2.41. The van der Waals surface area contributed by atoms with Crippen LogP contribution < -0.4 is 0 Å². The van der Waals surface area contributed by atoms with Gasteiger partial charge in [-0.3, -0.25) is 0 Å². The van der Waals surface area contributed by atoms with Crippen molar-refractivity contribution < 1.29 is 9.22 Å². The van der Waals surface area contributed by atoms with E-state index < -0.39 is 0 Å². The molecule has 2 heteroatoms. The Morgan fingerprint density at radius 3 is 2.42 bits per heavy atom. The molecule has 0 N–H and O–H groups in total. The fraction of sp³-hybridized carbons (Fsp3) is 0.647. The molecule has 0 spiro atoms. The lowest BCUT2D eigenvalue weighted by atomic mass is 10.1. The highest BCUT2D eigenvalue weighted by molar-refractivity contribution is 5.13. The Bertz CT molecular complexity index is 344. The molecule has 2 rings (SSSR count). The maximum absolute atomic E-state index is 5.57. The van der Waals surface area contributed by atoms with E-state index in [1.165, 1.54) is 61.9 Å². The highest BCUT2D eigenvalue weighted by Crippen LogP contribution is 2.19. The summed E-state index contributed by atoms with van der Waals surface area (Å²) in [6, 6.07) is 10.9. The number of quaternary nitrogens is 1. The first kappa shape index (κ1) is 14.5. The van der Waals surface area contributed by atoms with Crippen molar-refractivity contribution in [1.29, 1.82) is 0 Å². The third kappa shape index (κ3) is 4.63. The molecule has 19 heavy (non-hydrogen) atoms. The van der Waals surface area contributed by atoms with Gasteiger partial charge >= 0.3 is 0 Å². The summed E-state index contributed by atoms with van der Waals surface area (Å²) in [5.74, 6) is 0. The number of morpholine rings is 1. The second-order valence-corrected chi connectivity index (χ2v) is 5.83. The van der Waals surface area contributed by atoms with Gasteiger partial charge in [0.25, 0.3) is 0 Å².